The van der Waals surface area contributed by atoms with Crippen molar-refractivity contribution in [1.29, 1.82) is 0 Å². The number of hydrogen-bond acceptors (Lipinski definition) is 4. The molecule has 0 amide bonds. The first-order valence-corrected chi connectivity index (χ1v) is 7.59. The van der Waals surface area contributed by atoms with Gasteiger partial charge in [0.2, 0.25) is 0 Å². The van der Waals surface area contributed by atoms with Gasteiger partial charge in [-0.2, -0.15) is 5.10 Å². The predicted molar refractivity (Wildman–Crippen MR) is 82.3 cm³/mol. The van der Waals surface area contributed by atoms with Gasteiger partial charge in [-0.3, -0.25) is 0 Å². The second kappa shape index (κ2) is 6.15. The summed E-state index contributed by atoms with van der Waals surface area (Å²) in [6.07, 6.45) is 5.60. The molecular formula is C15H16N4OS. The Morgan fingerprint density at radius 1 is 1.19 bits per heavy atom. The maximum Gasteiger partial charge on any atom is 0.168 e. The Hall–Kier alpha value is -2.05. The Kier molecular flexibility index (Phi) is 4.08. The van der Waals surface area contributed by atoms with Crippen LogP contribution < -0.4 is 0 Å². The minimum absolute atomic E-state index is 0.00992. The highest BCUT2D eigenvalue weighted by molar-refractivity contribution is 7.98. The van der Waals surface area contributed by atoms with Crippen LogP contribution >= 0.6 is 11.8 Å². The van der Waals surface area contributed by atoms with Gasteiger partial charge in [0.15, 0.2) is 5.16 Å². The van der Waals surface area contributed by atoms with Crippen molar-refractivity contribution in [3.63, 3.8) is 0 Å². The van der Waals surface area contributed by atoms with Crippen LogP contribution in [-0.4, -0.2) is 24.4 Å². The lowest BCUT2D eigenvalue weighted by atomic mass is 10.3. The van der Waals surface area contributed by atoms with Crippen molar-refractivity contribution >= 4 is 11.8 Å². The number of benzene rings is 1. The molecule has 0 unspecified atom stereocenters. The van der Waals surface area contributed by atoms with Gasteiger partial charge in [-0.05, 0) is 12.1 Å². The highest BCUT2D eigenvalue weighted by Gasteiger charge is 2.07. The van der Waals surface area contributed by atoms with Gasteiger partial charge in [-0.25, -0.2) is 9.67 Å². The molecule has 2 heterocycles. The van der Waals surface area contributed by atoms with Gasteiger partial charge in [0, 0.05) is 24.6 Å². The number of nitrogens with zero attached hydrogens (tertiary/aromatic N) is 4. The van der Waals surface area contributed by atoms with E-state index in [-0.39, 0.29) is 6.61 Å². The average molecular weight is 300 g/mol. The molecule has 1 aromatic carbocycles. The molecule has 0 bridgehead atoms. The first kappa shape index (κ1) is 13.9. The lowest BCUT2D eigenvalue weighted by Crippen LogP contribution is -1.97. The summed E-state index contributed by atoms with van der Waals surface area (Å²) in [7, 11) is 1.91. The Morgan fingerprint density at radius 2 is 2.00 bits per heavy atom. The van der Waals surface area contributed by atoms with Crippen molar-refractivity contribution < 1.29 is 5.11 Å². The van der Waals surface area contributed by atoms with Crippen LogP contribution in [0.2, 0.25) is 0 Å². The van der Waals surface area contributed by atoms with Crippen LogP contribution in [0.3, 0.4) is 0 Å². The van der Waals surface area contributed by atoms with Gasteiger partial charge < -0.3 is 9.67 Å². The Balaban J connectivity index is 1.69. The number of para-hydroxylation sites is 1. The minimum atomic E-state index is 0.00992. The molecule has 5 nitrogen and oxygen atoms in total. The fourth-order valence-electron chi connectivity index (χ4n) is 2.01. The third-order valence-corrected chi connectivity index (χ3v) is 4.34. The van der Waals surface area contributed by atoms with E-state index in [0.717, 1.165) is 27.9 Å². The second-order valence-electron chi connectivity index (χ2n) is 4.67. The summed E-state index contributed by atoms with van der Waals surface area (Å²) < 4.78 is 3.78. The average Bonchev–Trinajstić information content (AvgIpc) is 3.13. The summed E-state index contributed by atoms with van der Waals surface area (Å²) in [5.74, 6) is 0.794. The van der Waals surface area contributed by atoms with Crippen molar-refractivity contribution in [2.75, 3.05) is 0 Å². The highest BCUT2D eigenvalue weighted by Crippen LogP contribution is 2.22. The zero-order valence-electron chi connectivity index (χ0n) is 11.7. The molecule has 21 heavy (non-hydrogen) atoms. The normalized spacial score (nSPS) is 11.0. The van der Waals surface area contributed by atoms with Crippen LogP contribution in [0, 0.1) is 0 Å². The van der Waals surface area contributed by atoms with Gasteiger partial charge >= 0.3 is 0 Å². The van der Waals surface area contributed by atoms with E-state index in [1.165, 1.54) is 0 Å². The largest absolute Gasteiger partial charge is 0.390 e. The second-order valence-corrected chi connectivity index (χ2v) is 5.61. The van der Waals surface area contributed by atoms with E-state index in [0.29, 0.717) is 0 Å². The number of hydrogen-bond donors (Lipinski definition) is 1. The molecule has 0 atom stereocenters. The smallest absolute Gasteiger partial charge is 0.168 e. The Morgan fingerprint density at radius 3 is 2.71 bits per heavy atom. The first-order chi connectivity index (χ1) is 10.3. The molecule has 3 rings (SSSR count). The van der Waals surface area contributed by atoms with Crippen LogP contribution in [0.15, 0.2) is 54.1 Å². The molecule has 108 valence electrons. The lowest BCUT2D eigenvalue weighted by Gasteiger charge is -2.02. The lowest BCUT2D eigenvalue weighted by molar-refractivity contribution is 0.271. The molecule has 0 saturated heterocycles. The van der Waals surface area contributed by atoms with E-state index in [9.17, 15) is 0 Å². The van der Waals surface area contributed by atoms with Crippen LogP contribution in [0.4, 0.5) is 0 Å². The fourth-order valence-corrected chi connectivity index (χ4v) is 2.89. The SMILES string of the molecule is Cn1c(CO)cnc1SCc1cnn(-c2ccccc2)c1. The number of rotatable bonds is 5. The molecule has 0 spiro atoms. The van der Waals surface area contributed by atoms with Crippen molar-refractivity contribution in [1.82, 2.24) is 19.3 Å². The summed E-state index contributed by atoms with van der Waals surface area (Å²) in [5, 5.41) is 14.4. The van der Waals surface area contributed by atoms with Gasteiger partial charge in [0.05, 0.1) is 30.4 Å². The van der Waals surface area contributed by atoms with Gasteiger partial charge in [0.25, 0.3) is 0 Å². The monoisotopic (exact) mass is 300 g/mol. The van der Waals surface area contributed by atoms with Crippen molar-refractivity contribution in [3.8, 4) is 5.69 Å². The molecule has 0 fully saturated rings. The van der Waals surface area contributed by atoms with Crippen molar-refractivity contribution in [3.05, 3.63) is 60.2 Å². The standard InChI is InChI=1S/C15H16N4OS/c1-18-14(10-20)8-16-15(18)21-11-12-7-17-19(9-12)13-5-3-2-4-6-13/h2-9,20H,10-11H2,1H3. The van der Waals surface area contributed by atoms with Crippen LogP contribution in [-0.2, 0) is 19.4 Å². The zero-order chi connectivity index (χ0) is 14.7. The Bertz CT molecular complexity index is 720. The topological polar surface area (TPSA) is 55.9 Å². The van der Waals surface area contributed by atoms with E-state index < -0.39 is 0 Å². The third-order valence-electron chi connectivity index (χ3n) is 3.23. The van der Waals surface area contributed by atoms with E-state index in [1.807, 2.05) is 59.0 Å². The third kappa shape index (κ3) is 3.01. The van der Waals surface area contributed by atoms with Crippen LogP contribution in [0.5, 0.6) is 0 Å². The molecule has 1 N–H and O–H groups in total. The maximum atomic E-state index is 9.16. The molecule has 0 aliphatic rings. The van der Waals surface area contributed by atoms with Crippen LogP contribution in [0.1, 0.15) is 11.3 Å². The van der Waals surface area contributed by atoms with Gasteiger partial charge in [0.1, 0.15) is 0 Å². The molecule has 2 aromatic heterocycles. The molecule has 0 aliphatic heterocycles. The Labute approximate surface area is 127 Å². The summed E-state index contributed by atoms with van der Waals surface area (Å²) in [6.45, 7) is 0.00992. The predicted octanol–water partition coefficient (Wildman–Crippen LogP) is 2.39. The molecule has 0 radical (unpaired) electrons. The van der Waals surface area contributed by atoms with Crippen molar-refractivity contribution in [2.45, 2.75) is 17.5 Å². The van der Waals surface area contributed by atoms with E-state index in [2.05, 4.69) is 10.1 Å². The number of aliphatic hydroxyl groups is 1. The van der Waals surface area contributed by atoms with Crippen LogP contribution in [0.25, 0.3) is 5.69 Å². The fraction of sp³-hybridized carbons (Fsp3) is 0.200. The number of thioether (sulfide) groups is 1. The maximum absolute atomic E-state index is 9.16. The molecule has 6 heteroatoms. The number of aromatic nitrogens is 4. The molecule has 3 aromatic rings. The zero-order valence-corrected chi connectivity index (χ0v) is 12.5. The molecule has 0 saturated carbocycles. The van der Waals surface area contributed by atoms with Crippen molar-refractivity contribution in [2.24, 2.45) is 7.05 Å². The first-order valence-electron chi connectivity index (χ1n) is 6.61. The number of aliphatic hydroxyl groups excluding tert-OH is 1. The van der Waals surface area contributed by atoms with E-state index >= 15 is 0 Å². The number of imidazole rings is 1. The summed E-state index contributed by atoms with van der Waals surface area (Å²) in [4.78, 5) is 4.31. The van der Waals surface area contributed by atoms with E-state index in [1.54, 1.807) is 18.0 Å². The highest BCUT2D eigenvalue weighted by atomic mass is 32.2. The quantitative estimate of drug-likeness (QED) is 0.735. The molecule has 0 aliphatic carbocycles. The summed E-state index contributed by atoms with van der Waals surface area (Å²) in [6, 6.07) is 10.0. The van der Waals surface area contributed by atoms with Gasteiger partial charge in [-0.15, -0.1) is 0 Å². The van der Waals surface area contributed by atoms with Gasteiger partial charge in [-0.1, -0.05) is 30.0 Å². The molecular weight excluding hydrogens is 284 g/mol. The summed E-state index contributed by atoms with van der Waals surface area (Å²) >= 11 is 1.63. The minimum Gasteiger partial charge on any atom is -0.390 e. The van der Waals surface area contributed by atoms with E-state index in [4.69, 9.17) is 5.11 Å². The summed E-state index contributed by atoms with van der Waals surface area (Å²) in [5.41, 5.74) is 3.00.